The lowest BCUT2D eigenvalue weighted by Crippen LogP contribution is -2.45. The van der Waals surface area contributed by atoms with Gasteiger partial charge in [-0.1, -0.05) is 12.1 Å². The molecule has 1 saturated heterocycles. The molecule has 0 bridgehead atoms. The molecule has 0 unspecified atom stereocenters. The summed E-state index contributed by atoms with van der Waals surface area (Å²) in [6.45, 7) is 6.96. The number of nitrogens with one attached hydrogen (secondary N) is 1. The van der Waals surface area contributed by atoms with Crippen LogP contribution in [0, 0.1) is 5.92 Å². The van der Waals surface area contributed by atoms with Crippen LogP contribution in [0.1, 0.15) is 17.7 Å². The second kappa shape index (κ2) is 8.84. The number of thiophene rings is 1. The number of rotatable bonds is 7. The predicted molar refractivity (Wildman–Crippen MR) is 93.2 cm³/mol. The molecule has 1 aliphatic heterocycles. The van der Waals surface area contributed by atoms with Gasteiger partial charge in [0.05, 0.1) is 13.1 Å². The van der Waals surface area contributed by atoms with Gasteiger partial charge in [0.25, 0.3) is 0 Å². The van der Waals surface area contributed by atoms with Crippen molar-refractivity contribution in [2.24, 2.45) is 5.92 Å². The number of nitrogens with zero attached hydrogens (tertiary/aromatic N) is 2. The first-order valence-corrected chi connectivity index (χ1v) is 8.87. The molecule has 2 heterocycles. The van der Waals surface area contributed by atoms with E-state index in [4.69, 9.17) is 0 Å². The van der Waals surface area contributed by atoms with Crippen LogP contribution < -0.4 is 5.32 Å². The van der Waals surface area contributed by atoms with Crippen molar-refractivity contribution in [3.05, 3.63) is 35.0 Å². The van der Waals surface area contributed by atoms with E-state index in [1.165, 1.54) is 4.88 Å². The van der Waals surface area contributed by atoms with Gasteiger partial charge in [-0.15, -0.1) is 17.9 Å². The molecule has 1 aromatic heterocycles. The van der Waals surface area contributed by atoms with Crippen molar-refractivity contribution in [2.45, 2.75) is 19.4 Å². The Balaban J connectivity index is 1.84. The highest BCUT2D eigenvalue weighted by molar-refractivity contribution is 7.09. The fourth-order valence-corrected chi connectivity index (χ4v) is 3.57. The van der Waals surface area contributed by atoms with E-state index in [9.17, 15) is 9.59 Å². The molecule has 0 spiro atoms. The molecule has 0 aromatic carbocycles. The summed E-state index contributed by atoms with van der Waals surface area (Å²) in [6.07, 6.45) is 3.40. The van der Waals surface area contributed by atoms with Crippen molar-refractivity contribution >= 4 is 23.2 Å². The number of amides is 2. The fraction of sp³-hybridized carbons (Fsp3) is 0.529. The van der Waals surface area contributed by atoms with Gasteiger partial charge < -0.3 is 10.2 Å². The van der Waals surface area contributed by atoms with E-state index in [-0.39, 0.29) is 17.7 Å². The van der Waals surface area contributed by atoms with Crippen LogP contribution >= 0.6 is 11.3 Å². The van der Waals surface area contributed by atoms with Crippen LogP contribution in [0.15, 0.2) is 30.2 Å². The molecule has 0 aliphatic carbocycles. The summed E-state index contributed by atoms with van der Waals surface area (Å²) in [7, 11) is 1.68. The van der Waals surface area contributed by atoms with Crippen molar-refractivity contribution in [1.29, 1.82) is 0 Å². The normalized spacial score (nSPS) is 16.0. The Morgan fingerprint density at radius 3 is 2.78 bits per heavy atom. The zero-order chi connectivity index (χ0) is 16.7. The Bertz CT molecular complexity index is 522. The van der Waals surface area contributed by atoms with Gasteiger partial charge >= 0.3 is 0 Å². The highest BCUT2D eigenvalue weighted by Gasteiger charge is 2.26. The van der Waals surface area contributed by atoms with Gasteiger partial charge in [-0.05, 0) is 37.4 Å². The number of likely N-dealkylation sites (tertiary alicyclic amines) is 1. The highest BCUT2D eigenvalue weighted by atomic mass is 32.1. The van der Waals surface area contributed by atoms with E-state index in [1.807, 2.05) is 22.4 Å². The first-order valence-electron chi connectivity index (χ1n) is 7.99. The number of hydrogen-bond acceptors (Lipinski definition) is 4. The first kappa shape index (κ1) is 17.7. The standard InChI is InChI=1S/C17H25N3O2S/c1-3-8-20(12-15-5-4-11-23-15)16(21)13-19-9-6-14(7-10-19)17(22)18-2/h3-5,11,14H,1,6-10,12-13H2,2H3,(H,18,22). The van der Waals surface area contributed by atoms with Crippen molar-refractivity contribution in [3.63, 3.8) is 0 Å². The summed E-state index contributed by atoms with van der Waals surface area (Å²) in [5, 5.41) is 4.73. The first-order chi connectivity index (χ1) is 11.1. The van der Waals surface area contributed by atoms with Gasteiger partial charge in [0, 0.05) is 24.4 Å². The molecule has 126 valence electrons. The monoisotopic (exact) mass is 335 g/mol. The van der Waals surface area contributed by atoms with Crippen LogP contribution in [0.4, 0.5) is 0 Å². The van der Waals surface area contributed by atoms with Gasteiger partial charge in [0.1, 0.15) is 0 Å². The smallest absolute Gasteiger partial charge is 0.237 e. The van der Waals surface area contributed by atoms with Crippen LogP contribution in [0.3, 0.4) is 0 Å². The van der Waals surface area contributed by atoms with E-state index in [1.54, 1.807) is 24.5 Å². The Morgan fingerprint density at radius 2 is 2.22 bits per heavy atom. The number of piperidine rings is 1. The fourth-order valence-electron chi connectivity index (χ4n) is 2.85. The lowest BCUT2D eigenvalue weighted by Gasteiger charge is -2.32. The van der Waals surface area contributed by atoms with Gasteiger partial charge in [0.15, 0.2) is 0 Å². The summed E-state index contributed by atoms with van der Waals surface area (Å²) in [5.74, 6) is 0.320. The summed E-state index contributed by atoms with van der Waals surface area (Å²) >= 11 is 1.66. The zero-order valence-corrected chi connectivity index (χ0v) is 14.5. The summed E-state index contributed by atoms with van der Waals surface area (Å²) < 4.78 is 0. The maximum absolute atomic E-state index is 12.6. The van der Waals surface area contributed by atoms with E-state index in [0.29, 0.717) is 19.6 Å². The molecular weight excluding hydrogens is 310 g/mol. The number of hydrogen-bond donors (Lipinski definition) is 1. The average molecular weight is 335 g/mol. The maximum Gasteiger partial charge on any atom is 0.237 e. The Labute approximate surface area is 142 Å². The van der Waals surface area contributed by atoms with Gasteiger partial charge in [0.2, 0.25) is 11.8 Å². The molecule has 2 amide bonds. The van der Waals surface area contributed by atoms with Gasteiger partial charge in [-0.3, -0.25) is 14.5 Å². The molecule has 0 atom stereocenters. The quantitative estimate of drug-likeness (QED) is 0.772. The molecule has 1 aliphatic rings. The van der Waals surface area contributed by atoms with Crippen LogP contribution in [0.25, 0.3) is 0 Å². The van der Waals surface area contributed by atoms with Crippen LogP contribution in [-0.2, 0) is 16.1 Å². The Hall–Kier alpha value is -1.66. The molecule has 1 fully saturated rings. The third-order valence-corrected chi connectivity index (χ3v) is 5.05. The zero-order valence-electron chi connectivity index (χ0n) is 13.7. The van der Waals surface area contributed by atoms with Crippen LogP contribution in [0.5, 0.6) is 0 Å². The Kier molecular flexibility index (Phi) is 6.80. The molecular formula is C17H25N3O2S. The lowest BCUT2D eigenvalue weighted by atomic mass is 9.96. The minimum absolute atomic E-state index is 0.0850. The second-order valence-electron chi connectivity index (χ2n) is 5.81. The maximum atomic E-state index is 12.6. The van der Waals surface area contributed by atoms with E-state index in [0.717, 1.165) is 25.9 Å². The minimum Gasteiger partial charge on any atom is -0.359 e. The summed E-state index contributed by atoms with van der Waals surface area (Å²) in [5.41, 5.74) is 0. The SMILES string of the molecule is C=CCN(Cc1cccs1)C(=O)CN1CCC(C(=O)NC)CC1. The van der Waals surface area contributed by atoms with E-state index < -0.39 is 0 Å². The molecule has 0 radical (unpaired) electrons. The van der Waals surface area contributed by atoms with E-state index in [2.05, 4.69) is 16.8 Å². The molecule has 1 N–H and O–H groups in total. The lowest BCUT2D eigenvalue weighted by molar-refractivity contribution is -0.133. The summed E-state index contributed by atoms with van der Waals surface area (Å²) in [4.78, 5) is 29.4. The van der Waals surface area contributed by atoms with E-state index >= 15 is 0 Å². The number of carbonyl (C=O) groups is 2. The van der Waals surface area contributed by atoms with Crippen molar-refractivity contribution in [3.8, 4) is 0 Å². The number of carbonyl (C=O) groups excluding carboxylic acids is 2. The van der Waals surface area contributed by atoms with Crippen molar-refractivity contribution in [1.82, 2.24) is 15.1 Å². The van der Waals surface area contributed by atoms with Crippen molar-refractivity contribution in [2.75, 3.05) is 33.2 Å². The molecule has 0 saturated carbocycles. The van der Waals surface area contributed by atoms with Crippen LogP contribution in [0.2, 0.25) is 0 Å². The molecule has 6 heteroatoms. The minimum atomic E-state index is 0.0850. The largest absolute Gasteiger partial charge is 0.359 e. The third-order valence-electron chi connectivity index (χ3n) is 4.19. The molecule has 2 rings (SSSR count). The topological polar surface area (TPSA) is 52.7 Å². The van der Waals surface area contributed by atoms with Crippen molar-refractivity contribution < 1.29 is 9.59 Å². The second-order valence-corrected chi connectivity index (χ2v) is 6.84. The average Bonchev–Trinajstić information content (AvgIpc) is 3.07. The molecule has 5 nitrogen and oxygen atoms in total. The van der Waals surface area contributed by atoms with Crippen LogP contribution in [-0.4, -0.2) is 54.8 Å². The predicted octanol–water partition coefficient (Wildman–Crippen LogP) is 1.72. The highest BCUT2D eigenvalue weighted by Crippen LogP contribution is 2.18. The van der Waals surface area contributed by atoms with Gasteiger partial charge in [-0.25, -0.2) is 0 Å². The molecule has 23 heavy (non-hydrogen) atoms. The third kappa shape index (κ3) is 5.18. The Morgan fingerprint density at radius 1 is 1.48 bits per heavy atom. The molecule has 1 aromatic rings. The summed E-state index contributed by atoms with van der Waals surface area (Å²) in [6, 6.07) is 4.04. The van der Waals surface area contributed by atoms with Gasteiger partial charge in [-0.2, -0.15) is 0 Å².